The second-order valence-electron chi connectivity index (χ2n) is 7.93. The highest BCUT2D eigenvalue weighted by molar-refractivity contribution is 5.76. The van der Waals surface area contributed by atoms with Crippen molar-refractivity contribution in [1.29, 1.82) is 0 Å². The van der Waals surface area contributed by atoms with Crippen LogP contribution in [0.4, 0.5) is 4.79 Å². The first-order valence-electron chi connectivity index (χ1n) is 11.0. The summed E-state index contributed by atoms with van der Waals surface area (Å²) in [6.07, 6.45) is 0.841. The molecule has 7 heteroatoms. The number of aryl methyl sites for hydroxylation is 2. The van der Waals surface area contributed by atoms with E-state index in [0.29, 0.717) is 6.54 Å². The zero-order valence-electron chi connectivity index (χ0n) is 18.1. The third-order valence-electron chi connectivity index (χ3n) is 5.74. The zero-order chi connectivity index (χ0) is 21.5. The monoisotopic (exact) mass is 421 g/mol. The van der Waals surface area contributed by atoms with Crippen molar-refractivity contribution in [2.75, 3.05) is 39.4 Å². The molecule has 3 aromatic rings. The minimum atomic E-state index is -0.130. The third kappa shape index (κ3) is 5.62. The normalized spacial score (nSPS) is 15.6. The summed E-state index contributed by atoms with van der Waals surface area (Å²) in [5, 5.41) is 6.19. The van der Waals surface area contributed by atoms with Crippen molar-refractivity contribution >= 4 is 17.1 Å². The summed E-state index contributed by atoms with van der Waals surface area (Å²) in [7, 11) is 0. The molecule has 0 bridgehead atoms. The number of morpholine rings is 1. The Balaban J connectivity index is 1.29. The molecule has 31 heavy (non-hydrogen) atoms. The molecule has 2 heterocycles. The number of urea groups is 1. The molecule has 1 fully saturated rings. The molecule has 1 atom stereocenters. The lowest BCUT2D eigenvalue weighted by Crippen LogP contribution is -2.45. The first kappa shape index (κ1) is 21.3. The van der Waals surface area contributed by atoms with Crippen LogP contribution in [0.3, 0.4) is 0 Å². The Morgan fingerprint density at radius 2 is 1.84 bits per heavy atom. The van der Waals surface area contributed by atoms with Gasteiger partial charge in [-0.05, 0) is 31.0 Å². The van der Waals surface area contributed by atoms with Crippen LogP contribution in [0.25, 0.3) is 11.0 Å². The summed E-state index contributed by atoms with van der Waals surface area (Å²) in [5.74, 6) is 1.00. The van der Waals surface area contributed by atoms with Gasteiger partial charge in [-0.15, -0.1) is 0 Å². The number of carbonyl (C=O) groups excluding carboxylic acids is 1. The van der Waals surface area contributed by atoms with E-state index in [9.17, 15) is 4.79 Å². The predicted octanol–water partition coefficient (Wildman–Crippen LogP) is 3.11. The summed E-state index contributed by atoms with van der Waals surface area (Å²) < 4.78 is 7.66. The van der Waals surface area contributed by atoms with Gasteiger partial charge in [0.05, 0.1) is 30.3 Å². The number of aromatic nitrogens is 2. The molecule has 1 aliphatic rings. The highest BCUT2D eigenvalue weighted by atomic mass is 16.5. The van der Waals surface area contributed by atoms with Crippen LogP contribution in [0.15, 0.2) is 54.6 Å². The van der Waals surface area contributed by atoms with E-state index < -0.39 is 0 Å². The number of benzene rings is 2. The maximum Gasteiger partial charge on any atom is 0.315 e. The third-order valence-corrected chi connectivity index (χ3v) is 5.74. The van der Waals surface area contributed by atoms with Crippen LogP contribution >= 0.6 is 0 Å². The Hall–Kier alpha value is -2.90. The molecule has 0 aliphatic carbocycles. The van der Waals surface area contributed by atoms with Crippen LogP contribution in [-0.2, 0) is 11.3 Å². The number of para-hydroxylation sites is 2. The minimum absolute atomic E-state index is 0.0564. The summed E-state index contributed by atoms with van der Waals surface area (Å²) in [6, 6.07) is 18.1. The van der Waals surface area contributed by atoms with Gasteiger partial charge in [0.1, 0.15) is 5.82 Å². The Labute approximate surface area is 183 Å². The van der Waals surface area contributed by atoms with Crippen LogP contribution in [0.1, 0.15) is 23.9 Å². The molecule has 0 radical (unpaired) electrons. The molecule has 164 valence electrons. The summed E-state index contributed by atoms with van der Waals surface area (Å²) in [4.78, 5) is 19.6. The van der Waals surface area contributed by atoms with Gasteiger partial charge in [-0.2, -0.15) is 0 Å². The number of amides is 2. The molecule has 1 saturated heterocycles. The maximum absolute atomic E-state index is 12.6. The molecule has 2 N–H and O–H groups in total. The van der Waals surface area contributed by atoms with Gasteiger partial charge in [0.2, 0.25) is 0 Å². The van der Waals surface area contributed by atoms with Gasteiger partial charge < -0.3 is 19.9 Å². The van der Waals surface area contributed by atoms with E-state index in [1.54, 1.807) is 0 Å². The molecule has 1 aliphatic heterocycles. The molecule has 1 aromatic heterocycles. The Morgan fingerprint density at radius 1 is 1.10 bits per heavy atom. The van der Waals surface area contributed by atoms with Gasteiger partial charge in [0.25, 0.3) is 0 Å². The van der Waals surface area contributed by atoms with E-state index in [0.717, 1.165) is 68.2 Å². The molecule has 4 rings (SSSR count). The van der Waals surface area contributed by atoms with Crippen molar-refractivity contribution in [2.24, 2.45) is 0 Å². The van der Waals surface area contributed by atoms with Gasteiger partial charge in [-0.25, -0.2) is 9.78 Å². The standard InChI is InChI=1S/C24H31N5O2/c1-19-26-21-10-5-6-11-23(21)29(19)13-7-12-25-24(30)27-22(20-8-3-2-4-9-20)18-28-14-16-31-17-15-28/h2-6,8-11,22H,7,12-18H2,1H3,(H2,25,27,30). The van der Waals surface area contributed by atoms with E-state index in [1.807, 2.05) is 43.3 Å². The van der Waals surface area contributed by atoms with Gasteiger partial charge in [0, 0.05) is 32.7 Å². The van der Waals surface area contributed by atoms with Crippen LogP contribution in [0.2, 0.25) is 0 Å². The molecule has 0 spiro atoms. The molecular weight excluding hydrogens is 390 g/mol. The van der Waals surface area contributed by atoms with Crippen LogP contribution in [-0.4, -0.2) is 59.9 Å². The summed E-state index contributed by atoms with van der Waals surface area (Å²) in [5.41, 5.74) is 3.27. The number of hydrogen-bond donors (Lipinski definition) is 2. The fraction of sp³-hybridized carbons (Fsp3) is 0.417. The lowest BCUT2D eigenvalue weighted by molar-refractivity contribution is 0.0340. The van der Waals surface area contributed by atoms with Crippen molar-refractivity contribution in [3.63, 3.8) is 0 Å². The first-order chi connectivity index (χ1) is 15.2. The predicted molar refractivity (Wildman–Crippen MR) is 122 cm³/mol. The molecule has 1 unspecified atom stereocenters. The number of ether oxygens (including phenoxy) is 1. The van der Waals surface area contributed by atoms with E-state index in [4.69, 9.17) is 4.74 Å². The molecule has 7 nitrogen and oxygen atoms in total. The van der Waals surface area contributed by atoms with E-state index in [-0.39, 0.29) is 12.1 Å². The zero-order valence-corrected chi connectivity index (χ0v) is 18.1. The highest BCUT2D eigenvalue weighted by Gasteiger charge is 2.20. The number of imidazole rings is 1. The second-order valence-corrected chi connectivity index (χ2v) is 7.93. The molecule has 0 saturated carbocycles. The molecular formula is C24H31N5O2. The summed E-state index contributed by atoms with van der Waals surface area (Å²) >= 11 is 0. The van der Waals surface area contributed by atoms with Crippen molar-refractivity contribution in [3.05, 3.63) is 66.0 Å². The van der Waals surface area contributed by atoms with Crippen molar-refractivity contribution in [3.8, 4) is 0 Å². The number of nitrogens with zero attached hydrogens (tertiary/aromatic N) is 3. The Kier molecular flexibility index (Phi) is 7.17. The lowest BCUT2D eigenvalue weighted by Gasteiger charge is -2.31. The topological polar surface area (TPSA) is 71.4 Å². The van der Waals surface area contributed by atoms with Gasteiger partial charge >= 0.3 is 6.03 Å². The van der Waals surface area contributed by atoms with Gasteiger partial charge in [0.15, 0.2) is 0 Å². The number of rotatable bonds is 8. The SMILES string of the molecule is Cc1nc2ccccc2n1CCCNC(=O)NC(CN1CCOCC1)c1ccccc1. The smallest absolute Gasteiger partial charge is 0.315 e. The van der Waals surface area contributed by atoms with E-state index in [2.05, 4.69) is 43.3 Å². The lowest BCUT2D eigenvalue weighted by atomic mass is 10.1. The van der Waals surface area contributed by atoms with Gasteiger partial charge in [-0.1, -0.05) is 42.5 Å². The Morgan fingerprint density at radius 3 is 2.65 bits per heavy atom. The molecule has 2 amide bonds. The quantitative estimate of drug-likeness (QED) is 0.549. The first-order valence-corrected chi connectivity index (χ1v) is 11.0. The summed E-state index contributed by atoms with van der Waals surface area (Å²) in [6.45, 7) is 7.51. The number of fused-ring (bicyclic) bond motifs is 1. The van der Waals surface area contributed by atoms with Crippen molar-refractivity contribution < 1.29 is 9.53 Å². The van der Waals surface area contributed by atoms with Crippen molar-refractivity contribution in [1.82, 2.24) is 25.1 Å². The number of nitrogens with one attached hydrogen (secondary N) is 2. The van der Waals surface area contributed by atoms with E-state index in [1.165, 1.54) is 0 Å². The Bertz CT molecular complexity index is 982. The van der Waals surface area contributed by atoms with E-state index >= 15 is 0 Å². The number of hydrogen-bond acceptors (Lipinski definition) is 4. The second kappa shape index (κ2) is 10.4. The van der Waals surface area contributed by atoms with Crippen molar-refractivity contribution in [2.45, 2.75) is 25.9 Å². The fourth-order valence-electron chi connectivity index (χ4n) is 4.09. The van der Waals surface area contributed by atoms with Crippen LogP contribution in [0.5, 0.6) is 0 Å². The van der Waals surface area contributed by atoms with Crippen LogP contribution < -0.4 is 10.6 Å². The van der Waals surface area contributed by atoms with Crippen LogP contribution in [0, 0.1) is 6.92 Å². The minimum Gasteiger partial charge on any atom is -0.379 e. The average Bonchev–Trinajstić information content (AvgIpc) is 3.12. The highest BCUT2D eigenvalue weighted by Crippen LogP contribution is 2.16. The maximum atomic E-state index is 12.6. The largest absolute Gasteiger partial charge is 0.379 e. The number of carbonyl (C=O) groups is 1. The molecule has 2 aromatic carbocycles. The van der Waals surface area contributed by atoms with Gasteiger partial charge in [-0.3, -0.25) is 4.90 Å². The fourth-order valence-corrected chi connectivity index (χ4v) is 4.09. The average molecular weight is 422 g/mol.